The van der Waals surface area contributed by atoms with Gasteiger partial charge in [0.25, 0.3) is 5.69 Å². The molecule has 0 radical (unpaired) electrons. The Hall–Kier alpha value is -2.96. The highest BCUT2D eigenvalue weighted by atomic mass is 16.6. The molecule has 1 unspecified atom stereocenters. The van der Waals surface area contributed by atoms with E-state index >= 15 is 0 Å². The molecule has 7 nitrogen and oxygen atoms in total. The van der Waals surface area contributed by atoms with Crippen LogP contribution in [0.1, 0.15) is 26.7 Å². The molecule has 138 valence electrons. The molecule has 0 aromatic heterocycles. The predicted octanol–water partition coefficient (Wildman–Crippen LogP) is 3.36. The summed E-state index contributed by atoms with van der Waals surface area (Å²) >= 11 is 0. The van der Waals surface area contributed by atoms with Crippen LogP contribution in [-0.2, 0) is 9.59 Å². The maximum absolute atomic E-state index is 12.9. The zero-order valence-corrected chi connectivity index (χ0v) is 13.9. The lowest BCUT2D eigenvalue weighted by Crippen LogP contribution is -2.49. The average molecular weight is 357 g/mol. The van der Waals surface area contributed by atoms with E-state index in [4.69, 9.17) is 0 Å². The summed E-state index contributed by atoms with van der Waals surface area (Å²) in [5.74, 6) is -0.175. The number of likely N-dealkylation sites (N-methyl/N-ethyl adjacent to an activating group) is 1. The van der Waals surface area contributed by atoms with Crippen molar-refractivity contribution in [3.8, 4) is 0 Å². The Balaban J connectivity index is 0.00000243. The number of carbonyl (C=O) groups is 2. The lowest BCUT2D eigenvalue weighted by Gasteiger charge is -2.34. The SMILES string of the molecule is C.CN(C(=O)C1CCCCN1C=O)c1ccc([N+](=O)[O-])c2ccccc12. The van der Waals surface area contributed by atoms with E-state index < -0.39 is 11.0 Å². The Bertz CT molecular complexity index is 837. The van der Waals surface area contributed by atoms with Gasteiger partial charge in [0, 0.05) is 25.0 Å². The molecule has 3 rings (SSSR count). The van der Waals surface area contributed by atoms with E-state index in [1.807, 2.05) is 0 Å². The van der Waals surface area contributed by atoms with Gasteiger partial charge in [-0.2, -0.15) is 0 Å². The van der Waals surface area contributed by atoms with Gasteiger partial charge in [0.05, 0.1) is 16.0 Å². The number of fused-ring (bicyclic) bond motifs is 1. The zero-order chi connectivity index (χ0) is 18.0. The average Bonchev–Trinajstić information content (AvgIpc) is 2.65. The number of benzene rings is 2. The van der Waals surface area contributed by atoms with Gasteiger partial charge in [-0.05, 0) is 31.4 Å². The van der Waals surface area contributed by atoms with Gasteiger partial charge < -0.3 is 9.80 Å². The molecule has 1 atom stereocenters. The van der Waals surface area contributed by atoms with Gasteiger partial charge in [-0.25, -0.2) is 0 Å². The molecular formula is C19H23N3O4. The van der Waals surface area contributed by atoms with E-state index in [0.717, 1.165) is 19.3 Å². The molecule has 1 aliphatic rings. The van der Waals surface area contributed by atoms with Crippen molar-refractivity contribution in [3.63, 3.8) is 0 Å². The smallest absolute Gasteiger partial charge is 0.277 e. The van der Waals surface area contributed by atoms with Crippen molar-refractivity contribution in [2.45, 2.75) is 32.7 Å². The van der Waals surface area contributed by atoms with Gasteiger partial charge >= 0.3 is 0 Å². The van der Waals surface area contributed by atoms with Crippen LogP contribution in [0.4, 0.5) is 11.4 Å². The van der Waals surface area contributed by atoms with Crippen molar-refractivity contribution in [2.75, 3.05) is 18.5 Å². The number of nitro benzene ring substituents is 1. The summed E-state index contributed by atoms with van der Waals surface area (Å²) < 4.78 is 0. The third-order valence-corrected chi connectivity index (χ3v) is 4.73. The lowest BCUT2D eigenvalue weighted by molar-refractivity contribution is -0.383. The van der Waals surface area contributed by atoms with Gasteiger partial charge in [-0.3, -0.25) is 19.7 Å². The molecule has 2 aromatic carbocycles. The number of non-ortho nitro benzene ring substituents is 1. The molecule has 2 aromatic rings. The van der Waals surface area contributed by atoms with E-state index in [9.17, 15) is 19.7 Å². The standard InChI is InChI=1S/C18H19N3O4.CH4/c1-19(18(23)17-8-4-5-11-20(17)12-22)15-9-10-16(21(24)25)14-7-3-2-6-13(14)15;/h2-3,6-7,9-10,12,17H,4-5,8,11H2,1H3;1H4. The van der Waals surface area contributed by atoms with Crippen LogP contribution in [-0.4, -0.2) is 41.8 Å². The Labute approximate surface area is 152 Å². The van der Waals surface area contributed by atoms with E-state index in [-0.39, 0.29) is 19.0 Å². The second-order valence-electron chi connectivity index (χ2n) is 6.16. The molecule has 2 amide bonds. The summed E-state index contributed by atoms with van der Waals surface area (Å²) in [6.07, 6.45) is 3.15. The summed E-state index contributed by atoms with van der Waals surface area (Å²) in [5, 5.41) is 12.4. The minimum Gasteiger partial charge on any atom is -0.333 e. The number of hydrogen-bond acceptors (Lipinski definition) is 4. The number of anilines is 1. The second kappa shape index (κ2) is 7.95. The Morgan fingerprint density at radius 1 is 1.23 bits per heavy atom. The fraction of sp³-hybridized carbons (Fsp3) is 0.368. The summed E-state index contributed by atoms with van der Waals surface area (Å²) in [7, 11) is 1.65. The first-order chi connectivity index (χ1) is 12.0. The summed E-state index contributed by atoms with van der Waals surface area (Å²) in [4.78, 5) is 38.0. The molecule has 1 saturated heterocycles. The summed E-state index contributed by atoms with van der Waals surface area (Å²) in [5.41, 5.74) is 0.606. The Kier molecular flexibility index (Phi) is 5.92. The van der Waals surface area contributed by atoms with Gasteiger partial charge in [0.2, 0.25) is 12.3 Å². The number of rotatable bonds is 4. The minimum absolute atomic E-state index is 0. The van der Waals surface area contributed by atoms with Gasteiger partial charge in [0.1, 0.15) is 6.04 Å². The number of hydrogen-bond donors (Lipinski definition) is 0. The van der Waals surface area contributed by atoms with E-state index in [2.05, 4.69) is 0 Å². The van der Waals surface area contributed by atoms with Gasteiger partial charge in [-0.15, -0.1) is 0 Å². The molecular weight excluding hydrogens is 334 g/mol. The number of nitro groups is 1. The topological polar surface area (TPSA) is 83.8 Å². The van der Waals surface area contributed by atoms with Crippen LogP contribution in [0.15, 0.2) is 36.4 Å². The zero-order valence-electron chi connectivity index (χ0n) is 13.9. The Morgan fingerprint density at radius 3 is 2.58 bits per heavy atom. The largest absolute Gasteiger partial charge is 0.333 e. The van der Waals surface area contributed by atoms with Crippen molar-refractivity contribution in [3.05, 3.63) is 46.5 Å². The normalized spacial score (nSPS) is 16.7. The molecule has 0 spiro atoms. The first kappa shape index (κ1) is 19.4. The first-order valence-electron chi connectivity index (χ1n) is 8.19. The monoisotopic (exact) mass is 357 g/mol. The number of carbonyl (C=O) groups excluding carboxylic acids is 2. The molecule has 0 N–H and O–H groups in total. The van der Waals surface area contributed by atoms with Crippen molar-refractivity contribution >= 4 is 34.5 Å². The number of likely N-dealkylation sites (tertiary alicyclic amines) is 1. The molecule has 1 fully saturated rings. The highest BCUT2D eigenvalue weighted by Gasteiger charge is 2.31. The highest BCUT2D eigenvalue weighted by Crippen LogP contribution is 2.33. The van der Waals surface area contributed by atoms with Crippen LogP contribution in [0.3, 0.4) is 0 Å². The summed E-state index contributed by atoms with van der Waals surface area (Å²) in [6, 6.07) is 9.48. The van der Waals surface area contributed by atoms with Crippen LogP contribution in [0.25, 0.3) is 10.8 Å². The van der Waals surface area contributed by atoms with Gasteiger partial charge in [-0.1, -0.05) is 25.6 Å². The highest BCUT2D eigenvalue weighted by molar-refractivity contribution is 6.07. The molecule has 0 aliphatic carbocycles. The van der Waals surface area contributed by atoms with Crippen LogP contribution in [0.2, 0.25) is 0 Å². The maximum Gasteiger partial charge on any atom is 0.277 e. The van der Waals surface area contributed by atoms with Crippen molar-refractivity contribution in [1.29, 1.82) is 0 Å². The second-order valence-corrected chi connectivity index (χ2v) is 6.16. The Morgan fingerprint density at radius 2 is 1.92 bits per heavy atom. The quantitative estimate of drug-likeness (QED) is 0.477. The van der Waals surface area contributed by atoms with Gasteiger partial charge in [0.15, 0.2) is 0 Å². The predicted molar refractivity (Wildman–Crippen MR) is 101 cm³/mol. The molecule has 1 heterocycles. The molecule has 1 aliphatic heterocycles. The van der Waals surface area contributed by atoms with E-state index in [0.29, 0.717) is 29.4 Å². The number of nitrogens with zero attached hydrogens (tertiary/aromatic N) is 3. The van der Waals surface area contributed by atoms with Crippen molar-refractivity contribution in [2.24, 2.45) is 0 Å². The van der Waals surface area contributed by atoms with Crippen LogP contribution < -0.4 is 4.90 Å². The molecule has 0 bridgehead atoms. The van der Waals surface area contributed by atoms with E-state index in [1.165, 1.54) is 15.9 Å². The number of amides is 2. The van der Waals surface area contributed by atoms with Crippen LogP contribution in [0, 0.1) is 10.1 Å². The fourth-order valence-corrected chi connectivity index (χ4v) is 3.41. The molecule has 26 heavy (non-hydrogen) atoms. The molecule has 7 heteroatoms. The third-order valence-electron chi connectivity index (χ3n) is 4.73. The van der Waals surface area contributed by atoms with Crippen LogP contribution in [0.5, 0.6) is 0 Å². The van der Waals surface area contributed by atoms with E-state index in [1.54, 1.807) is 37.4 Å². The van der Waals surface area contributed by atoms with Crippen molar-refractivity contribution in [1.82, 2.24) is 4.90 Å². The summed E-state index contributed by atoms with van der Waals surface area (Å²) in [6.45, 7) is 0.578. The lowest BCUT2D eigenvalue weighted by atomic mass is 10.0. The fourth-order valence-electron chi connectivity index (χ4n) is 3.41. The first-order valence-corrected chi connectivity index (χ1v) is 8.19. The van der Waals surface area contributed by atoms with Crippen molar-refractivity contribution < 1.29 is 14.5 Å². The third kappa shape index (κ3) is 3.37. The molecule has 0 saturated carbocycles. The minimum atomic E-state index is -0.481. The van der Waals surface area contributed by atoms with Crippen LogP contribution >= 0.6 is 0 Å². The maximum atomic E-state index is 12.9. The number of piperidine rings is 1.